The average molecular weight is 180 g/mol. The van der Waals surface area contributed by atoms with Gasteiger partial charge in [0.15, 0.2) is 0 Å². The van der Waals surface area contributed by atoms with Crippen LogP contribution in [0.1, 0.15) is 0 Å². The molecule has 0 radical (unpaired) electrons. The molecule has 0 aliphatic heterocycles. The first kappa shape index (κ1) is 9.57. The lowest BCUT2D eigenvalue weighted by Gasteiger charge is -1.68. The van der Waals surface area contributed by atoms with Crippen molar-refractivity contribution in [2.75, 3.05) is 0 Å². The van der Waals surface area contributed by atoms with Crippen LogP contribution in [0, 0.1) is 0 Å². The molecule has 0 aliphatic carbocycles. The highest BCUT2D eigenvalue weighted by atomic mass is 32.2. The first-order valence-electron chi connectivity index (χ1n) is 2.35. The molecule has 6 heteroatoms. The first-order chi connectivity index (χ1) is 4.77. The minimum Gasteiger partial charge on any atom is -0.258 e. The van der Waals surface area contributed by atoms with E-state index >= 15 is 0 Å². The van der Waals surface area contributed by atoms with Gasteiger partial charge < -0.3 is 0 Å². The normalized spacial score (nSPS) is 8.60. The van der Waals surface area contributed by atoms with Gasteiger partial charge in [0.05, 0.1) is 0 Å². The maximum absolute atomic E-state index is 9.17. The van der Waals surface area contributed by atoms with E-state index in [1.807, 2.05) is 22.9 Å². The molecule has 1 aromatic rings. The number of rotatable bonds is 1. The van der Waals surface area contributed by atoms with E-state index in [0.717, 1.165) is 0 Å². The molecule has 0 fully saturated rings. The van der Waals surface area contributed by atoms with Crippen LogP contribution in [0.15, 0.2) is 22.9 Å². The quantitative estimate of drug-likeness (QED) is 0.316. The third kappa shape index (κ3) is 7.57. The zero-order valence-electron chi connectivity index (χ0n) is 5.06. The van der Waals surface area contributed by atoms with E-state index in [1.165, 1.54) is 4.83 Å². The molecule has 1 aromatic heterocycles. The van der Waals surface area contributed by atoms with E-state index in [9.17, 15) is 0 Å². The zero-order valence-corrected chi connectivity index (χ0v) is 6.77. The summed E-state index contributed by atoms with van der Waals surface area (Å²) in [6.07, 6.45) is 0. The molecule has 0 aromatic carbocycles. The number of thiol groups is 1. The third-order valence-corrected chi connectivity index (χ3v) is 1.37. The number of thiophene rings is 1. The second kappa shape index (κ2) is 6.69. The Hall–Kier alpha value is -0.430. The van der Waals surface area contributed by atoms with E-state index in [4.69, 9.17) is 8.42 Å². The van der Waals surface area contributed by atoms with Crippen molar-refractivity contribution in [3.63, 3.8) is 0 Å². The summed E-state index contributed by atoms with van der Waals surface area (Å²) in [6.45, 7) is 0. The van der Waals surface area contributed by atoms with Gasteiger partial charge in [-0.1, -0.05) is 12.1 Å². The molecule has 0 bridgehead atoms. The second-order valence-electron chi connectivity index (χ2n) is 1.18. The number of hydrogen-bond donors (Lipinski definition) is 3. The second-order valence-corrected chi connectivity index (χ2v) is 2.77. The molecule has 0 saturated carbocycles. The standard InChI is InChI=1S/C4H4S.H4N2O2S/c1-2-4-5-3-1;1-2-5(3)4/h1-4H;5H,1H2,(H,2,3,4). The van der Waals surface area contributed by atoms with Crippen LogP contribution in [0.2, 0.25) is 0 Å². The molecule has 58 valence electrons. The number of nitrogens with one attached hydrogen (secondary N) is 1. The lowest BCUT2D eigenvalue weighted by atomic mass is 10.7. The summed E-state index contributed by atoms with van der Waals surface area (Å²) in [4.78, 5) is 1.48. The van der Waals surface area contributed by atoms with Crippen LogP contribution in [-0.4, -0.2) is 8.42 Å². The van der Waals surface area contributed by atoms with Gasteiger partial charge in [-0.15, -0.1) is 0 Å². The molecule has 1 rings (SSSR count). The van der Waals surface area contributed by atoms with E-state index < -0.39 is 10.9 Å². The van der Waals surface area contributed by atoms with Crippen molar-refractivity contribution >= 4 is 22.2 Å². The fourth-order valence-electron chi connectivity index (χ4n) is 0.227. The highest BCUT2D eigenvalue weighted by Crippen LogP contribution is 1.91. The fourth-order valence-corrected chi connectivity index (χ4v) is 0.680. The predicted octanol–water partition coefficient (Wildman–Crippen LogP) is -0.276. The van der Waals surface area contributed by atoms with Gasteiger partial charge in [-0.2, -0.15) is 16.2 Å². The molecule has 4 nitrogen and oxygen atoms in total. The van der Waals surface area contributed by atoms with Crippen molar-refractivity contribution in [1.82, 2.24) is 4.83 Å². The van der Waals surface area contributed by atoms with Gasteiger partial charge in [-0.05, 0) is 10.8 Å². The molecule has 0 unspecified atom stereocenters. The van der Waals surface area contributed by atoms with Crippen LogP contribution < -0.4 is 10.7 Å². The minimum absolute atomic E-state index is 1.48. The van der Waals surface area contributed by atoms with Gasteiger partial charge in [0.2, 0.25) is 10.9 Å². The Bertz CT molecular complexity index is 182. The van der Waals surface area contributed by atoms with Crippen molar-refractivity contribution in [1.29, 1.82) is 0 Å². The Kier molecular flexibility index (Phi) is 6.40. The smallest absolute Gasteiger partial charge is 0.213 e. The maximum Gasteiger partial charge on any atom is 0.213 e. The van der Waals surface area contributed by atoms with Crippen LogP contribution in [-0.2, 0) is 10.9 Å². The van der Waals surface area contributed by atoms with Crippen LogP contribution in [0.4, 0.5) is 0 Å². The third-order valence-electron chi connectivity index (χ3n) is 0.531. The summed E-state index contributed by atoms with van der Waals surface area (Å²) in [5.41, 5.74) is 0. The van der Waals surface area contributed by atoms with Gasteiger partial charge in [0.25, 0.3) is 0 Å². The van der Waals surface area contributed by atoms with Crippen molar-refractivity contribution < 1.29 is 8.42 Å². The van der Waals surface area contributed by atoms with Crippen LogP contribution in [0.3, 0.4) is 0 Å². The van der Waals surface area contributed by atoms with Gasteiger partial charge in [0.1, 0.15) is 0 Å². The van der Waals surface area contributed by atoms with E-state index in [1.54, 1.807) is 11.3 Å². The van der Waals surface area contributed by atoms with Crippen molar-refractivity contribution in [2.45, 2.75) is 0 Å². The molecule has 1 heterocycles. The molecule has 3 N–H and O–H groups in total. The van der Waals surface area contributed by atoms with E-state index in [-0.39, 0.29) is 0 Å². The molecule has 0 atom stereocenters. The topological polar surface area (TPSA) is 72.2 Å². The zero-order chi connectivity index (χ0) is 7.82. The first-order valence-corrected chi connectivity index (χ1v) is 4.47. The fraction of sp³-hybridized carbons (Fsp3) is 0. The molecule has 0 saturated heterocycles. The largest absolute Gasteiger partial charge is 0.258 e. The number of hydrogen-bond acceptors (Lipinski definition) is 4. The molecule has 10 heavy (non-hydrogen) atoms. The molecule has 0 aliphatic rings. The molecule has 0 amide bonds. The van der Waals surface area contributed by atoms with E-state index in [0.29, 0.717) is 0 Å². The van der Waals surface area contributed by atoms with Crippen molar-refractivity contribution in [3.05, 3.63) is 22.9 Å². The van der Waals surface area contributed by atoms with Gasteiger partial charge in [-0.25, -0.2) is 8.42 Å². The highest BCUT2D eigenvalue weighted by Gasteiger charge is 1.60. The molecular formula is C4H8N2O2S2. The lowest BCUT2D eigenvalue weighted by molar-refractivity contribution is 0.604. The number of hydrazine groups is 1. The Morgan fingerprint density at radius 2 is 1.70 bits per heavy atom. The average Bonchev–Trinajstić information content (AvgIpc) is 2.43. The van der Waals surface area contributed by atoms with Crippen LogP contribution in [0.25, 0.3) is 0 Å². The summed E-state index contributed by atoms with van der Waals surface area (Å²) in [7, 11) is -2.57. The molecule has 0 spiro atoms. The Morgan fingerprint density at radius 3 is 1.80 bits per heavy atom. The maximum atomic E-state index is 9.17. The van der Waals surface area contributed by atoms with Crippen molar-refractivity contribution in [2.24, 2.45) is 5.84 Å². The van der Waals surface area contributed by atoms with E-state index in [2.05, 4.69) is 5.84 Å². The lowest BCUT2D eigenvalue weighted by Crippen LogP contribution is -2.18. The summed E-state index contributed by atoms with van der Waals surface area (Å²) >= 11 is 1.71. The van der Waals surface area contributed by atoms with Gasteiger partial charge in [-0.3, -0.25) is 5.84 Å². The predicted molar refractivity (Wildman–Crippen MR) is 42.0 cm³/mol. The van der Waals surface area contributed by atoms with Crippen LogP contribution in [0.5, 0.6) is 0 Å². The minimum atomic E-state index is -2.57. The summed E-state index contributed by atoms with van der Waals surface area (Å²) in [5, 5.41) is 4.08. The highest BCUT2D eigenvalue weighted by molar-refractivity contribution is 7.70. The molecular weight excluding hydrogens is 172 g/mol. The Morgan fingerprint density at radius 1 is 1.30 bits per heavy atom. The van der Waals surface area contributed by atoms with Crippen molar-refractivity contribution in [3.8, 4) is 0 Å². The summed E-state index contributed by atoms with van der Waals surface area (Å²) < 4.78 is 18.3. The monoisotopic (exact) mass is 180 g/mol. The Labute approximate surface area is 64.7 Å². The Balaban J connectivity index is 0.000000162. The van der Waals surface area contributed by atoms with Gasteiger partial charge >= 0.3 is 0 Å². The van der Waals surface area contributed by atoms with Gasteiger partial charge in [0, 0.05) is 0 Å². The van der Waals surface area contributed by atoms with Crippen LogP contribution >= 0.6 is 11.3 Å². The summed E-state index contributed by atoms with van der Waals surface area (Å²) in [6, 6.07) is 4.04. The summed E-state index contributed by atoms with van der Waals surface area (Å²) in [5.74, 6) is 4.33. The number of nitrogens with two attached hydrogens (primary N) is 1. The SMILES string of the molecule is NN[SH](=O)=O.c1ccsc1.